The molecule has 1 aromatic carbocycles. The van der Waals surface area contributed by atoms with Crippen LogP contribution in [0.5, 0.6) is 0 Å². The Labute approximate surface area is 116 Å². The largest absolute Gasteiger partial charge is 0.350 e. The topological polar surface area (TPSA) is 17.0 Å². The second-order valence-electron chi connectivity index (χ2n) is 5.27. The quantitative estimate of drug-likeness (QED) is 0.860. The van der Waals surface area contributed by atoms with Crippen LogP contribution in [0.2, 0.25) is 0 Å². The zero-order chi connectivity index (χ0) is 13.8. The monoisotopic (exact) mass is 256 g/mol. The summed E-state index contributed by atoms with van der Waals surface area (Å²) in [5, 5.41) is 3.45. The Balaban J connectivity index is 2.16. The average Bonchev–Trinajstić information content (AvgIpc) is 2.83. The van der Waals surface area contributed by atoms with Gasteiger partial charge in [0.1, 0.15) is 0 Å². The maximum Gasteiger partial charge on any atom is 0.0475 e. The molecule has 1 unspecified atom stereocenters. The van der Waals surface area contributed by atoms with Gasteiger partial charge >= 0.3 is 0 Å². The molecule has 0 amide bonds. The molecular weight excluding hydrogens is 232 g/mol. The summed E-state index contributed by atoms with van der Waals surface area (Å²) in [4.78, 5) is 0. The normalized spacial score (nSPS) is 12.6. The molecule has 2 heteroatoms. The van der Waals surface area contributed by atoms with Crippen LogP contribution in [0.3, 0.4) is 0 Å². The molecule has 0 aliphatic heterocycles. The van der Waals surface area contributed by atoms with Gasteiger partial charge in [0.15, 0.2) is 0 Å². The van der Waals surface area contributed by atoms with E-state index in [1.807, 2.05) is 0 Å². The fourth-order valence-electron chi connectivity index (χ4n) is 2.52. The highest BCUT2D eigenvalue weighted by Crippen LogP contribution is 2.17. The van der Waals surface area contributed by atoms with E-state index in [1.54, 1.807) is 0 Å². The molecule has 0 radical (unpaired) electrons. The third-order valence-electron chi connectivity index (χ3n) is 3.77. The zero-order valence-electron chi connectivity index (χ0n) is 12.4. The molecule has 0 aliphatic carbocycles. The van der Waals surface area contributed by atoms with Crippen molar-refractivity contribution in [2.45, 2.75) is 40.3 Å². The Morgan fingerprint density at radius 2 is 1.84 bits per heavy atom. The zero-order valence-corrected chi connectivity index (χ0v) is 12.4. The summed E-state index contributed by atoms with van der Waals surface area (Å²) in [5.41, 5.74) is 5.53. The number of aromatic nitrogens is 1. The van der Waals surface area contributed by atoms with Crippen molar-refractivity contribution in [3.63, 3.8) is 0 Å². The van der Waals surface area contributed by atoms with Crippen LogP contribution in [-0.4, -0.2) is 11.1 Å². The molecule has 2 rings (SSSR count). The van der Waals surface area contributed by atoms with Crippen LogP contribution in [0, 0.1) is 13.8 Å². The average molecular weight is 256 g/mol. The molecule has 0 spiro atoms. The summed E-state index contributed by atoms with van der Waals surface area (Å²) in [5.74, 6) is 0. The van der Waals surface area contributed by atoms with Crippen molar-refractivity contribution in [2.24, 2.45) is 0 Å². The molecule has 0 saturated carbocycles. The minimum absolute atomic E-state index is 0.421. The lowest BCUT2D eigenvalue weighted by molar-refractivity contribution is 0.596. The summed E-state index contributed by atoms with van der Waals surface area (Å²) >= 11 is 0. The maximum absolute atomic E-state index is 3.45. The van der Waals surface area contributed by atoms with E-state index in [-0.39, 0.29) is 0 Å². The fourth-order valence-corrected chi connectivity index (χ4v) is 2.52. The van der Waals surface area contributed by atoms with E-state index < -0.39 is 0 Å². The number of benzene rings is 1. The van der Waals surface area contributed by atoms with Gasteiger partial charge in [-0.1, -0.05) is 25.1 Å². The molecule has 19 heavy (non-hydrogen) atoms. The van der Waals surface area contributed by atoms with Gasteiger partial charge in [-0.15, -0.1) is 0 Å². The molecule has 2 nitrogen and oxygen atoms in total. The van der Waals surface area contributed by atoms with Crippen LogP contribution in [-0.2, 0) is 6.54 Å². The predicted molar refractivity (Wildman–Crippen MR) is 81.5 cm³/mol. The van der Waals surface area contributed by atoms with Crippen molar-refractivity contribution >= 4 is 0 Å². The minimum atomic E-state index is 0.421. The molecule has 1 aromatic heterocycles. The Morgan fingerprint density at radius 1 is 1.16 bits per heavy atom. The fraction of sp³-hybridized carbons (Fsp3) is 0.412. The SMILES string of the molecule is CCNC(C)c1ccn(Cc2c(C)cccc2C)c1. The Kier molecular flexibility index (Phi) is 4.43. The molecule has 1 atom stereocenters. The summed E-state index contributed by atoms with van der Waals surface area (Å²) in [6.45, 7) is 10.7. The Morgan fingerprint density at radius 3 is 2.47 bits per heavy atom. The van der Waals surface area contributed by atoms with Crippen molar-refractivity contribution in [1.82, 2.24) is 9.88 Å². The highest BCUT2D eigenvalue weighted by molar-refractivity contribution is 5.34. The molecule has 102 valence electrons. The summed E-state index contributed by atoms with van der Waals surface area (Å²) < 4.78 is 2.28. The lowest BCUT2D eigenvalue weighted by atomic mass is 10.0. The lowest BCUT2D eigenvalue weighted by Crippen LogP contribution is -2.17. The van der Waals surface area contributed by atoms with Gasteiger partial charge < -0.3 is 9.88 Å². The van der Waals surface area contributed by atoms with Crippen LogP contribution in [0.1, 0.15) is 42.1 Å². The summed E-state index contributed by atoms with van der Waals surface area (Å²) in [7, 11) is 0. The Bertz CT molecular complexity index is 520. The third-order valence-corrected chi connectivity index (χ3v) is 3.77. The highest BCUT2D eigenvalue weighted by Gasteiger charge is 2.07. The molecule has 1 N–H and O–H groups in total. The number of rotatable bonds is 5. The van der Waals surface area contributed by atoms with Gasteiger partial charge in [-0.2, -0.15) is 0 Å². The van der Waals surface area contributed by atoms with E-state index in [9.17, 15) is 0 Å². The highest BCUT2D eigenvalue weighted by atomic mass is 15.0. The first kappa shape index (κ1) is 13.9. The summed E-state index contributed by atoms with van der Waals surface area (Å²) in [6.07, 6.45) is 4.42. The van der Waals surface area contributed by atoms with Gasteiger partial charge in [0, 0.05) is 25.0 Å². The summed E-state index contributed by atoms with van der Waals surface area (Å²) in [6, 6.07) is 9.13. The van der Waals surface area contributed by atoms with E-state index in [4.69, 9.17) is 0 Å². The molecular formula is C17H24N2. The van der Waals surface area contributed by atoms with Gasteiger partial charge in [-0.3, -0.25) is 0 Å². The van der Waals surface area contributed by atoms with Crippen molar-refractivity contribution in [3.05, 3.63) is 58.9 Å². The lowest BCUT2D eigenvalue weighted by Gasteiger charge is -2.12. The van der Waals surface area contributed by atoms with Crippen LogP contribution in [0.25, 0.3) is 0 Å². The number of hydrogen-bond acceptors (Lipinski definition) is 1. The van der Waals surface area contributed by atoms with Crippen LogP contribution in [0.15, 0.2) is 36.7 Å². The molecule has 2 aromatic rings. The first-order valence-electron chi connectivity index (χ1n) is 7.06. The van der Waals surface area contributed by atoms with Crippen LogP contribution in [0.4, 0.5) is 0 Å². The maximum atomic E-state index is 3.45. The first-order valence-corrected chi connectivity index (χ1v) is 7.06. The van der Waals surface area contributed by atoms with Crippen LogP contribution < -0.4 is 5.32 Å². The second kappa shape index (κ2) is 6.07. The molecule has 0 saturated heterocycles. The van der Waals surface area contributed by atoms with E-state index in [2.05, 4.69) is 74.2 Å². The van der Waals surface area contributed by atoms with Crippen molar-refractivity contribution in [1.29, 1.82) is 0 Å². The van der Waals surface area contributed by atoms with Crippen LogP contribution >= 0.6 is 0 Å². The van der Waals surface area contributed by atoms with Crippen molar-refractivity contribution in [3.8, 4) is 0 Å². The number of nitrogens with one attached hydrogen (secondary N) is 1. The Hall–Kier alpha value is -1.54. The number of hydrogen-bond donors (Lipinski definition) is 1. The van der Waals surface area contributed by atoms with Gasteiger partial charge in [0.2, 0.25) is 0 Å². The van der Waals surface area contributed by atoms with E-state index in [1.165, 1.54) is 22.3 Å². The standard InChI is InChI=1S/C17H24N2/c1-5-18-15(4)16-9-10-19(11-16)12-17-13(2)7-6-8-14(17)3/h6-11,15,18H,5,12H2,1-4H3. The van der Waals surface area contributed by atoms with Gasteiger partial charge in [-0.25, -0.2) is 0 Å². The minimum Gasteiger partial charge on any atom is -0.350 e. The van der Waals surface area contributed by atoms with E-state index in [0.717, 1.165) is 13.1 Å². The second-order valence-corrected chi connectivity index (χ2v) is 5.27. The smallest absolute Gasteiger partial charge is 0.0475 e. The van der Waals surface area contributed by atoms with E-state index in [0.29, 0.717) is 6.04 Å². The van der Waals surface area contributed by atoms with Gasteiger partial charge in [-0.05, 0) is 55.6 Å². The number of aryl methyl sites for hydroxylation is 2. The first-order chi connectivity index (χ1) is 9.11. The van der Waals surface area contributed by atoms with E-state index >= 15 is 0 Å². The van der Waals surface area contributed by atoms with Crippen molar-refractivity contribution < 1.29 is 0 Å². The predicted octanol–water partition coefficient (Wildman–Crippen LogP) is 3.82. The van der Waals surface area contributed by atoms with Gasteiger partial charge in [0.05, 0.1) is 0 Å². The molecule has 0 aliphatic rings. The third kappa shape index (κ3) is 3.27. The number of nitrogens with zero attached hydrogens (tertiary/aromatic N) is 1. The molecule has 0 fully saturated rings. The molecule has 1 heterocycles. The van der Waals surface area contributed by atoms with Gasteiger partial charge in [0.25, 0.3) is 0 Å². The molecule has 0 bridgehead atoms. The van der Waals surface area contributed by atoms with Crippen molar-refractivity contribution in [2.75, 3.05) is 6.54 Å².